The van der Waals surface area contributed by atoms with E-state index >= 15 is 0 Å². The first-order valence-corrected chi connectivity index (χ1v) is 13.0. The minimum atomic E-state index is -0.221. The highest BCUT2D eigenvalue weighted by atomic mass is 79.9. The minimum Gasteiger partial charge on any atom is -0.376 e. The van der Waals surface area contributed by atoms with Crippen molar-refractivity contribution in [3.63, 3.8) is 0 Å². The lowest BCUT2D eigenvalue weighted by Gasteiger charge is -2.17. The molecule has 1 amide bonds. The van der Waals surface area contributed by atoms with Crippen molar-refractivity contribution < 1.29 is 14.3 Å². The average molecular weight is 544 g/mol. The van der Waals surface area contributed by atoms with E-state index in [1.54, 1.807) is 34.9 Å². The van der Waals surface area contributed by atoms with Crippen molar-refractivity contribution in [2.24, 2.45) is 0 Å². The van der Waals surface area contributed by atoms with Gasteiger partial charge in [0.05, 0.1) is 29.3 Å². The molecule has 4 rings (SSSR count). The highest BCUT2D eigenvalue weighted by Gasteiger charge is 2.21. The quantitative estimate of drug-likeness (QED) is 0.256. The van der Waals surface area contributed by atoms with Crippen LogP contribution in [0.15, 0.2) is 56.9 Å². The lowest BCUT2D eigenvalue weighted by atomic mass is 10.1. The van der Waals surface area contributed by atoms with Gasteiger partial charge in [0, 0.05) is 28.2 Å². The van der Waals surface area contributed by atoms with Gasteiger partial charge in [-0.2, -0.15) is 0 Å². The van der Waals surface area contributed by atoms with Crippen LogP contribution in [-0.2, 0) is 11.3 Å². The van der Waals surface area contributed by atoms with Crippen LogP contribution in [0.2, 0.25) is 0 Å². The first-order valence-electron chi connectivity index (χ1n) is 11.2. The fourth-order valence-corrected chi connectivity index (χ4v) is 4.97. The second kappa shape index (κ2) is 10.8. The highest BCUT2D eigenvalue weighted by Crippen LogP contribution is 2.23. The van der Waals surface area contributed by atoms with Crippen molar-refractivity contribution in [3.05, 3.63) is 68.4 Å². The molecule has 9 heteroatoms. The zero-order valence-electron chi connectivity index (χ0n) is 19.0. The molecule has 0 saturated carbocycles. The number of halogens is 1. The third kappa shape index (κ3) is 5.76. The molecule has 1 aromatic heterocycles. The molecule has 1 aliphatic heterocycles. The Morgan fingerprint density at radius 1 is 1.21 bits per heavy atom. The van der Waals surface area contributed by atoms with E-state index in [0.717, 1.165) is 17.3 Å². The predicted molar refractivity (Wildman–Crippen MR) is 137 cm³/mol. The number of fused-ring (bicyclic) bond motifs is 1. The molecule has 0 aliphatic carbocycles. The van der Waals surface area contributed by atoms with E-state index in [1.807, 2.05) is 26.0 Å². The van der Waals surface area contributed by atoms with E-state index in [2.05, 4.69) is 21.2 Å². The minimum absolute atomic E-state index is 0.00805. The number of aromatic nitrogens is 2. The first-order chi connectivity index (χ1) is 16.3. The summed E-state index contributed by atoms with van der Waals surface area (Å²) in [5.41, 5.74) is 1.27. The standard InChI is InChI=1S/C25H26BrN3O4S/c1-15(2)27-23(31)17-7-10-20-21(12-17)28-25(29(24(20)32)13-19-4-3-11-33-19)34-14-22(30)16-5-8-18(26)9-6-16/h5-10,12,15,19H,3-4,11,13-14H2,1-2H3,(H,27,31). The molecular weight excluding hydrogens is 518 g/mol. The maximum absolute atomic E-state index is 13.4. The summed E-state index contributed by atoms with van der Waals surface area (Å²) in [4.78, 5) is 43.3. The van der Waals surface area contributed by atoms with E-state index < -0.39 is 0 Å². The molecule has 0 spiro atoms. The molecule has 3 aromatic rings. The van der Waals surface area contributed by atoms with Gasteiger partial charge in [-0.25, -0.2) is 4.98 Å². The average Bonchev–Trinajstić information content (AvgIpc) is 3.32. The van der Waals surface area contributed by atoms with Crippen molar-refractivity contribution >= 4 is 50.3 Å². The molecule has 34 heavy (non-hydrogen) atoms. The summed E-state index contributed by atoms with van der Waals surface area (Å²) in [6.45, 7) is 4.84. The van der Waals surface area contributed by atoms with Crippen LogP contribution in [0.25, 0.3) is 10.9 Å². The molecule has 1 aliphatic rings. The molecule has 7 nitrogen and oxygen atoms in total. The molecule has 1 saturated heterocycles. The van der Waals surface area contributed by atoms with Gasteiger partial charge in [-0.15, -0.1) is 0 Å². The van der Waals surface area contributed by atoms with Gasteiger partial charge in [0.25, 0.3) is 11.5 Å². The number of carbonyl (C=O) groups is 2. The molecule has 1 fully saturated rings. The normalized spacial score (nSPS) is 15.7. The van der Waals surface area contributed by atoms with E-state index in [0.29, 0.717) is 40.3 Å². The number of hydrogen-bond acceptors (Lipinski definition) is 6. The second-order valence-electron chi connectivity index (χ2n) is 8.52. The Kier molecular flexibility index (Phi) is 7.85. The molecule has 1 atom stereocenters. The Balaban J connectivity index is 1.68. The number of thioether (sulfide) groups is 1. The number of hydrogen-bond donors (Lipinski definition) is 1. The van der Waals surface area contributed by atoms with Crippen LogP contribution in [0.1, 0.15) is 47.4 Å². The lowest BCUT2D eigenvalue weighted by molar-refractivity contribution is 0.0936. The SMILES string of the molecule is CC(C)NC(=O)c1ccc2c(=O)n(CC3CCCO3)c(SCC(=O)c3ccc(Br)cc3)nc2c1. The second-order valence-corrected chi connectivity index (χ2v) is 10.4. The molecule has 1 unspecified atom stereocenters. The van der Waals surface area contributed by atoms with E-state index in [1.165, 1.54) is 11.8 Å². The maximum atomic E-state index is 13.4. The Morgan fingerprint density at radius 3 is 2.62 bits per heavy atom. The van der Waals surface area contributed by atoms with E-state index in [9.17, 15) is 14.4 Å². The van der Waals surface area contributed by atoms with Gasteiger partial charge in [0.1, 0.15) is 0 Å². The largest absolute Gasteiger partial charge is 0.376 e. The van der Waals surface area contributed by atoms with Crippen LogP contribution in [0, 0.1) is 0 Å². The maximum Gasteiger partial charge on any atom is 0.262 e. The highest BCUT2D eigenvalue weighted by molar-refractivity contribution is 9.10. The fraction of sp³-hybridized carbons (Fsp3) is 0.360. The number of benzene rings is 2. The number of nitrogens with zero attached hydrogens (tertiary/aromatic N) is 2. The van der Waals surface area contributed by atoms with Crippen LogP contribution in [0.3, 0.4) is 0 Å². The van der Waals surface area contributed by atoms with Gasteiger partial charge in [-0.05, 0) is 57.0 Å². The van der Waals surface area contributed by atoms with E-state index in [-0.39, 0.29) is 35.1 Å². The summed E-state index contributed by atoms with van der Waals surface area (Å²) in [6, 6.07) is 12.1. The van der Waals surface area contributed by atoms with Crippen LogP contribution in [0.5, 0.6) is 0 Å². The Labute approximate surface area is 210 Å². The first kappa shape index (κ1) is 24.6. The van der Waals surface area contributed by atoms with Crippen LogP contribution >= 0.6 is 27.7 Å². The number of carbonyl (C=O) groups excluding carboxylic acids is 2. The smallest absolute Gasteiger partial charge is 0.262 e. The number of ketones is 1. The molecule has 178 valence electrons. The van der Waals surface area contributed by atoms with Crippen molar-refractivity contribution in [3.8, 4) is 0 Å². The lowest BCUT2D eigenvalue weighted by Crippen LogP contribution is -2.31. The fourth-order valence-electron chi connectivity index (χ4n) is 3.80. The Bertz CT molecular complexity index is 1270. The summed E-state index contributed by atoms with van der Waals surface area (Å²) in [7, 11) is 0. The summed E-state index contributed by atoms with van der Waals surface area (Å²) in [5.74, 6) is -0.138. The zero-order valence-corrected chi connectivity index (χ0v) is 21.4. The van der Waals surface area contributed by atoms with Gasteiger partial charge in [0.2, 0.25) is 0 Å². The van der Waals surface area contributed by atoms with Gasteiger partial charge in [-0.1, -0.05) is 39.8 Å². The molecular formula is C25H26BrN3O4S. The van der Waals surface area contributed by atoms with Gasteiger partial charge >= 0.3 is 0 Å². The van der Waals surface area contributed by atoms with Crippen LogP contribution < -0.4 is 10.9 Å². The van der Waals surface area contributed by atoms with Crippen molar-refractivity contribution in [1.29, 1.82) is 0 Å². The summed E-state index contributed by atoms with van der Waals surface area (Å²) in [6.07, 6.45) is 1.77. The van der Waals surface area contributed by atoms with Gasteiger partial charge in [-0.3, -0.25) is 19.0 Å². The van der Waals surface area contributed by atoms with Crippen molar-refractivity contribution in [2.45, 2.75) is 50.5 Å². The number of rotatable bonds is 8. The summed E-state index contributed by atoms with van der Waals surface area (Å²) < 4.78 is 8.25. The van der Waals surface area contributed by atoms with Crippen molar-refractivity contribution in [2.75, 3.05) is 12.4 Å². The molecule has 2 heterocycles. The third-order valence-corrected chi connectivity index (χ3v) is 7.02. The summed E-state index contributed by atoms with van der Waals surface area (Å²) >= 11 is 4.60. The van der Waals surface area contributed by atoms with E-state index in [4.69, 9.17) is 9.72 Å². The molecule has 2 aromatic carbocycles. The molecule has 0 radical (unpaired) electrons. The predicted octanol–water partition coefficient (Wildman–Crippen LogP) is 4.45. The number of ether oxygens (including phenoxy) is 1. The Morgan fingerprint density at radius 2 is 1.94 bits per heavy atom. The Hall–Kier alpha value is -2.49. The number of Topliss-reactive ketones (excluding diaryl/α,β-unsaturated/α-hetero) is 1. The number of amides is 1. The molecule has 0 bridgehead atoms. The molecule has 1 N–H and O–H groups in total. The van der Waals surface area contributed by atoms with Crippen LogP contribution in [0.4, 0.5) is 0 Å². The topological polar surface area (TPSA) is 90.3 Å². The van der Waals surface area contributed by atoms with Crippen LogP contribution in [-0.4, -0.2) is 45.7 Å². The van der Waals surface area contributed by atoms with Gasteiger partial charge < -0.3 is 10.1 Å². The third-order valence-electron chi connectivity index (χ3n) is 5.51. The number of nitrogens with one attached hydrogen (secondary N) is 1. The van der Waals surface area contributed by atoms with Crippen molar-refractivity contribution in [1.82, 2.24) is 14.9 Å². The summed E-state index contributed by atoms with van der Waals surface area (Å²) in [5, 5.41) is 3.73. The van der Waals surface area contributed by atoms with Gasteiger partial charge in [0.15, 0.2) is 10.9 Å². The zero-order chi connectivity index (χ0) is 24.2. The monoisotopic (exact) mass is 543 g/mol.